The van der Waals surface area contributed by atoms with Crippen molar-refractivity contribution in [1.29, 1.82) is 5.41 Å². The van der Waals surface area contributed by atoms with Crippen LogP contribution in [0.2, 0.25) is 5.02 Å². The molecular formula is C28H37ClN4O3. The Kier molecular flexibility index (Phi) is 15.1. The van der Waals surface area contributed by atoms with Crippen molar-refractivity contribution >= 4 is 34.9 Å². The molecule has 36 heavy (non-hydrogen) atoms. The van der Waals surface area contributed by atoms with E-state index in [1.165, 1.54) is 24.4 Å². The van der Waals surface area contributed by atoms with E-state index in [1.54, 1.807) is 12.3 Å². The standard InChI is InChI=1S/C24H25ClN4O3.2C2H6/c1-4-14(2)5-6-15(3)9-16-10-17(13-28-12-16)22(24(31)32)29-23(30)21(27)19-11-18(25)7-8-20(19)26;2*1-2/h5-8,10-13,22,27H,2-4,9,26H2,1H3,(H,29,30)(H,31,32);2*1-2H3/b6-5-,27-21?;;. The van der Waals surface area contributed by atoms with Gasteiger partial charge in [0.1, 0.15) is 5.71 Å². The molecule has 1 heterocycles. The van der Waals surface area contributed by atoms with Crippen molar-refractivity contribution in [2.24, 2.45) is 0 Å². The second-order valence-electron chi connectivity index (χ2n) is 7.16. The molecule has 1 atom stereocenters. The lowest BCUT2D eigenvalue weighted by Crippen LogP contribution is -2.38. The predicted octanol–water partition coefficient (Wildman–Crippen LogP) is 6.30. The number of hydrogen-bond donors (Lipinski definition) is 4. The van der Waals surface area contributed by atoms with Crippen molar-refractivity contribution in [3.8, 4) is 0 Å². The minimum atomic E-state index is -1.40. The number of nitrogens with zero attached hydrogens (tertiary/aromatic N) is 1. The van der Waals surface area contributed by atoms with Crippen LogP contribution in [-0.4, -0.2) is 27.7 Å². The number of aromatic nitrogens is 1. The number of nitrogens with one attached hydrogen (secondary N) is 2. The zero-order chi connectivity index (χ0) is 27.8. The first-order chi connectivity index (χ1) is 17.1. The number of halogens is 1. The zero-order valence-electron chi connectivity index (χ0n) is 21.7. The fourth-order valence-electron chi connectivity index (χ4n) is 2.80. The number of aliphatic carboxylic acids is 1. The molecule has 0 radical (unpaired) electrons. The minimum absolute atomic E-state index is 0.114. The van der Waals surface area contributed by atoms with E-state index in [9.17, 15) is 14.7 Å². The van der Waals surface area contributed by atoms with Gasteiger partial charge in [-0.15, -0.1) is 0 Å². The van der Waals surface area contributed by atoms with Crippen molar-refractivity contribution in [1.82, 2.24) is 10.3 Å². The SMILES string of the molecule is C=C(/C=C\C(=C)Cc1cncc(C(NC(=O)C(=N)c2cc(Cl)ccc2N)C(=O)O)c1)CC.CC.CC. The van der Waals surface area contributed by atoms with E-state index < -0.39 is 23.6 Å². The van der Waals surface area contributed by atoms with Gasteiger partial charge >= 0.3 is 5.97 Å². The molecule has 7 nitrogen and oxygen atoms in total. The second-order valence-corrected chi connectivity index (χ2v) is 7.59. The molecule has 0 aliphatic carbocycles. The lowest BCUT2D eigenvalue weighted by molar-refractivity contribution is -0.141. The van der Waals surface area contributed by atoms with Crippen LogP contribution in [0.4, 0.5) is 5.69 Å². The summed E-state index contributed by atoms with van der Waals surface area (Å²) in [7, 11) is 0. The van der Waals surface area contributed by atoms with Crippen LogP contribution in [0.25, 0.3) is 0 Å². The Morgan fingerprint density at radius 1 is 1.14 bits per heavy atom. The maximum absolute atomic E-state index is 12.6. The molecule has 0 aliphatic rings. The minimum Gasteiger partial charge on any atom is -0.479 e. The van der Waals surface area contributed by atoms with Gasteiger partial charge in [0.05, 0.1) is 0 Å². The molecule has 5 N–H and O–H groups in total. The quantitative estimate of drug-likeness (QED) is 0.168. The fraction of sp³-hybridized carbons (Fsp3) is 0.286. The highest BCUT2D eigenvalue weighted by molar-refractivity contribution is 6.45. The number of carboxylic acids is 1. The summed E-state index contributed by atoms with van der Waals surface area (Å²) in [5, 5.41) is 20.4. The van der Waals surface area contributed by atoms with Crippen LogP contribution in [0, 0.1) is 5.41 Å². The molecule has 0 bridgehead atoms. The van der Waals surface area contributed by atoms with Crippen LogP contribution in [0.3, 0.4) is 0 Å². The number of allylic oxidation sites excluding steroid dienone is 4. The molecule has 0 fully saturated rings. The van der Waals surface area contributed by atoms with E-state index in [-0.39, 0.29) is 16.8 Å². The van der Waals surface area contributed by atoms with Gasteiger partial charge in [0, 0.05) is 34.2 Å². The Hall–Kier alpha value is -3.71. The lowest BCUT2D eigenvalue weighted by Gasteiger charge is -2.16. The average Bonchev–Trinajstić information content (AvgIpc) is 2.88. The van der Waals surface area contributed by atoms with Crippen LogP contribution in [0.5, 0.6) is 0 Å². The topological polar surface area (TPSA) is 129 Å². The Morgan fingerprint density at radius 3 is 2.33 bits per heavy atom. The van der Waals surface area contributed by atoms with Gasteiger partial charge < -0.3 is 16.2 Å². The summed E-state index contributed by atoms with van der Waals surface area (Å²) in [6, 6.07) is 4.61. The number of rotatable bonds is 10. The van der Waals surface area contributed by atoms with Crippen molar-refractivity contribution < 1.29 is 14.7 Å². The highest BCUT2D eigenvalue weighted by atomic mass is 35.5. The van der Waals surface area contributed by atoms with Crippen molar-refractivity contribution in [2.75, 3.05) is 5.73 Å². The number of carbonyl (C=O) groups is 2. The molecule has 194 valence electrons. The van der Waals surface area contributed by atoms with Gasteiger partial charge in [0.2, 0.25) is 0 Å². The summed E-state index contributed by atoms with van der Waals surface area (Å²) in [5.74, 6) is -2.19. The largest absolute Gasteiger partial charge is 0.479 e. The first kappa shape index (κ1) is 32.3. The van der Waals surface area contributed by atoms with Crippen LogP contribution in [0.1, 0.15) is 63.8 Å². The van der Waals surface area contributed by atoms with Crippen LogP contribution in [0.15, 0.2) is 73.1 Å². The Balaban J connectivity index is 0.00000291. The van der Waals surface area contributed by atoms with Crippen molar-refractivity contribution in [3.05, 3.63) is 94.8 Å². The molecule has 0 saturated heterocycles. The summed E-state index contributed by atoms with van der Waals surface area (Å²) in [4.78, 5) is 28.5. The van der Waals surface area contributed by atoms with Crippen LogP contribution < -0.4 is 11.1 Å². The number of nitrogens with two attached hydrogens (primary N) is 1. The molecule has 8 heteroatoms. The predicted molar refractivity (Wildman–Crippen MR) is 150 cm³/mol. The first-order valence-electron chi connectivity index (χ1n) is 11.8. The molecule has 2 rings (SSSR count). The molecule has 0 aliphatic heterocycles. The van der Waals surface area contributed by atoms with Crippen LogP contribution >= 0.6 is 11.6 Å². The van der Waals surface area contributed by atoms with Crippen molar-refractivity contribution in [3.63, 3.8) is 0 Å². The maximum Gasteiger partial charge on any atom is 0.330 e. The van der Waals surface area contributed by atoms with Gasteiger partial charge in [-0.1, -0.05) is 82.7 Å². The van der Waals surface area contributed by atoms with Gasteiger partial charge in [0.15, 0.2) is 6.04 Å². The number of nitrogen functional groups attached to an aromatic ring is 1. The number of pyridine rings is 1. The highest BCUT2D eigenvalue weighted by Gasteiger charge is 2.26. The Morgan fingerprint density at radius 2 is 1.75 bits per heavy atom. The van der Waals surface area contributed by atoms with E-state index in [2.05, 4.69) is 23.5 Å². The molecule has 1 aromatic carbocycles. The second kappa shape index (κ2) is 16.8. The van der Waals surface area contributed by atoms with E-state index in [1.807, 2.05) is 46.8 Å². The monoisotopic (exact) mass is 512 g/mol. The summed E-state index contributed by atoms with van der Waals surface area (Å²) in [5.41, 5.74) is 8.39. The number of benzene rings is 1. The summed E-state index contributed by atoms with van der Waals surface area (Å²) in [6.45, 7) is 17.9. The molecule has 1 unspecified atom stereocenters. The molecule has 0 spiro atoms. The highest BCUT2D eigenvalue weighted by Crippen LogP contribution is 2.20. The van der Waals surface area contributed by atoms with E-state index >= 15 is 0 Å². The molecule has 1 amide bonds. The zero-order valence-corrected chi connectivity index (χ0v) is 22.4. The van der Waals surface area contributed by atoms with Gasteiger partial charge in [-0.2, -0.15) is 0 Å². The third kappa shape index (κ3) is 10.3. The molecule has 1 aromatic heterocycles. The molecule has 2 aromatic rings. The third-order valence-electron chi connectivity index (χ3n) is 4.62. The smallest absolute Gasteiger partial charge is 0.330 e. The summed E-state index contributed by atoms with van der Waals surface area (Å²) < 4.78 is 0. The molecular weight excluding hydrogens is 476 g/mol. The summed E-state index contributed by atoms with van der Waals surface area (Å²) in [6.07, 6.45) is 7.98. The number of anilines is 1. The number of hydrogen-bond acceptors (Lipinski definition) is 5. The van der Waals surface area contributed by atoms with Gasteiger partial charge in [-0.25, -0.2) is 4.79 Å². The third-order valence-corrected chi connectivity index (χ3v) is 4.86. The number of amides is 1. The van der Waals surface area contributed by atoms with E-state index in [4.69, 9.17) is 22.7 Å². The van der Waals surface area contributed by atoms with Gasteiger partial charge in [-0.3, -0.25) is 15.2 Å². The maximum atomic E-state index is 12.6. The Labute approximate surface area is 219 Å². The van der Waals surface area contributed by atoms with Crippen LogP contribution in [-0.2, 0) is 16.0 Å². The normalized spacial score (nSPS) is 10.7. The molecule has 0 saturated carbocycles. The number of carbonyl (C=O) groups excluding carboxylic acids is 1. The first-order valence-corrected chi connectivity index (χ1v) is 12.1. The van der Waals surface area contributed by atoms with Gasteiger partial charge in [-0.05, 0) is 42.7 Å². The van der Waals surface area contributed by atoms with Crippen molar-refractivity contribution in [2.45, 2.75) is 53.5 Å². The summed E-state index contributed by atoms with van der Waals surface area (Å²) >= 11 is 5.92. The van der Waals surface area contributed by atoms with Gasteiger partial charge in [0.25, 0.3) is 5.91 Å². The lowest BCUT2D eigenvalue weighted by atomic mass is 10.0. The average molecular weight is 513 g/mol. The number of carboxylic acid groups (broad SMARTS) is 1. The van der Waals surface area contributed by atoms with E-state index in [0.717, 1.165) is 23.1 Å². The fourth-order valence-corrected chi connectivity index (χ4v) is 2.97. The Bertz CT molecular complexity index is 1110. The van der Waals surface area contributed by atoms with E-state index in [0.29, 0.717) is 11.4 Å².